The molecular formula is C18H24ClFN4O3. The van der Waals surface area contributed by atoms with Crippen molar-refractivity contribution in [1.82, 2.24) is 20.0 Å². The molecule has 27 heavy (non-hydrogen) atoms. The Balaban J connectivity index is 1.41. The van der Waals surface area contributed by atoms with Crippen LogP contribution in [0.2, 0.25) is 5.02 Å². The molecule has 0 radical (unpaired) electrons. The Kier molecular flexibility index (Phi) is 6.87. The van der Waals surface area contributed by atoms with Gasteiger partial charge < -0.3 is 19.9 Å². The van der Waals surface area contributed by atoms with Crippen LogP contribution < -0.4 is 5.32 Å². The fraction of sp³-hybridized carbons (Fsp3) is 0.556. The number of halogens is 2. The molecule has 0 saturated carbocycles. The molecule has 1 aromatic rings. The molecule has 3 amide bonds. The summed E-state index contributed by atoms with van der Waals surface area (Å²) in [4.78, 5) is 30.0. The molecule has 2 fully saturated rings. The predicted molar refractivity (Wildman–Crippen MR) is 99.1 cm³/mol. The summed E-state index contributed by atoms with van der Waals surface area (Å²) in [5.41, 5.74) is 0.684. The Bertz CT molecular complexity index is 685. The molecule has 0 aliphatic carbocycles. The van der Waals surface area contributed by atoms with Crippen molar-refractivity contribution in [1.29, 1.82) is 0 Å². The minimum absolute atomic E-state index is 0.0373. The van der Waals surface area contributed by atoms with E-state index in [9.17, 15) is 14.0 Å². The first-order valence-electron chi connectivity index (χ1n) is 9.07. The van der Waals surface area contributed by atoms with Gasteiger partial charge in [-0.1, -0.05) is 17.7 Å². The topological polar surface area (TPSA) is 65.1 Å². The zero-order valence-electron chi connectivity index (χ0n) is 15.1. The second-order valence-corrected chi connectivity index (χ2v) is 7.07. The molecule has 1 aromatic carbocycles. The Morgan fingerprint density at radius 3 is 2.67 bits per heavy atom. The molecule has 0 atom stereocenters. The average molecular weight is 399 g/mol. The van der Waals surface area contributed by atoms with E-state index in [1.165, 1.54) is 17.0 Å². The SMILES string of the molecule is O=C(CN1CCN(Cc2ccc(F)cc2Cl)C1=O)NCCN1CCOCC1. The van der Waals surface area contributed by atoms with Crippen molar-refractivity contribution in [3.8, 4) is 0 Å². The Morgan fingerprint density at radius 2 is 1.93 bits per heavy atom. The Labute approximate surface area is 163 Å². The molecule has 2 heterocycles. The van der Waals surface area contributed by atoms with E-state index in [4.69, 9.17) is 16.3 Å². The number of amides is 3. The van der Waals surface area contributed by atoms with Crippen molar-refractivity contribution < 1.29 is 18.7 Å². The van der Waals surface area contributed by atoms with Crippen LogP contribution in [0.15, 0.2) is 18.2 Å². The standard InChI is InChI=1S/C18H24ClFN4O3/c19-16-11-15(20)2-1-14(16)12-23-5-6-24(18(23)26)13-17(25)21-3-4-22-7-9-27-10-8-22/h1-2,11H,3-10,12-13H2,(H,21,25). The monoisotopic (exact) mass is 398 g/mol. The van der Waals surface area contributed by atoms with E-state index < -0.39 is 5.82 Å². The first kappa shape index (κ1) is 19.9. The predicted octanol–water partition coefficient (Wildman–Crippen LogP) is 1.17. The normalized spacial score (nSPS) is 18.2. The zero-order chi connectivity index (χ0) is 19.2. The van der Waals surface area contributed by atoms with Crippen LogP contribution >= 0.6 is 11.6 Å². The summed E-state index contributed by atoms with van der Waals surface area (Å²) in [5, 5.41) is 3.15. The lowest BCUT2D eigenvalue weighted by Gasteiger charge is -2.26. The van der Waals surface area contributed by atoms with Crippen LogP contribution in [-0.4, -0.2) is 85.7 Å². The van der Waals surface area contributed by atoms with Crippen LogP contribution in [0.1, 0.15) is 5.56 Å². The summed E-state index contributed by atoms with van der Waals surface area (Å²) in [5.74, 6) is -0.579. The van der Waals surface area contributed by atoms with Gasteiger partial charge in [-0.2, -0.15) is 0 Å². The first-order valence-corrected chi connectivity index (χ1v) is 9.45. The van der Waals surface area contributed by atoms with Gasteiger partial charge in [-0.15, -0.1) is 0 Å². The molecule has 9 heteroatoms. The van der Waals surface area contributed by atoms with Gasteiger partial charge in [0.15, 0.2) is 0 Å². The van der Waals surface area contributed by atoms with Gasteiger partial charge in [0.1, 0.15) is 12.4 Å². The smallest absolute Gasteiger partial charge is 0.320 e. The fourth-order valence-electron chi connectivity index (χ4n) is 3.19. The lowest BCUT2D eigenvalue weighted by atomic mass is 10.2. The average Bonchev–Trinajstić information content (AvgIpc) is 2.98. The highest BCUT2D eigenvalue weighted by atomic mass is 35.5. The molecular weight excluding hydrogens is 375 g/mol. The number of benzene rings is 1. The summed E-state index contributed by atoms with van der Waals surface area (Å²) in [6, 6.07) is 3.92. The molecule has 3 rings (SSSR count). The summed E-state index contributed by atoms with van der Waals surface area (Å²) < 4.78 is 18.4. The highest BCUT2D eigenvalue weighted by Crippen LogP contribution is 2.21. The number of nitrogens with one attached hydrogen (secondary N) is 1. The van der Waals surface area contributed by atoms with Gasteiger partial charge in [0.25, 0.3) is 0 Å². The number of ether oxygens (including phenoxy) is 1. The number of morpholine rings is 1. The van der Waals surface area contributed by atoms with Crippen molar-refractivity contribution in [2.45, 2.75) is 6.54 Å². The molecule has 0 aromatic heterocycles. The van der Waals surface area contributed by atoms with Crippen molar-refractivity contribution in [2.24, 2.45) is 0 Å². The minimum Gasteiger partial charge on any atom is -0.379 e. The van der Waals surface area contributed by atoms with Crippen LogP contribution in [0.25, 0.3) is 0 Å². The van der Waals surface area contributed by atoms with Crippen molar-refractivity contribution in [3.63, 3.8) is 0 Å². The number of nitrogens with zero attached hydrogens (tertiary/aromatic N) is 3. The van der Waals surface area contributed by atoms with Crippen molar-refractivity contribution in [2.75, 3.05) is 59.0 Å². The van der Waals surface area contributed by atoms with E-state index >= 15 is 0 Å². The lowest BCUT2D eigenvalue weighted by Crippen LogP contribution is -2.44. The maximum Gasteiger partial charge on any atom is 0.320 e. The van der Waals surface area contributed by atoms with Gasteiger partial charge in [-0.25, -0.2) is 9.18 Å². The van der Waals surface area contributed by atoms with E-state index in [2.05, 4.69) is 10.2 Å². The number of hydrogen-bond acceptors (Lipinski definition) is 4. The largest absolute Gasteiger partial charge is 0.379 e. The third kappa shape index (κ3) is 5.54. The minimum atomic E-state index is -0.410. The first-order chi connectivity index (χ1) is 13.0. The second-order valence-electron chi connectivity index (χ2n) is 6.67. The quantitative estimate of drug-likeness (QED) is 0.748. The van der Waals surface area contributed by atoms with E-state index in [1.807, 2.05) is 0 Å². The summed E-state index contributed by atoms with van der Waals surface area (Å²) >= 11 is 6.03. The lowest BCUT2D eigenvalue weighted by molar-refractivity contribution is -0.121. The highest BCUT2D eigenvalue weighted by molar-refractivity contribution is 6.31. The highest BCUT2D eigenvalue weighted by Gasteiger charge is 2.30. The van der Waals surface area contributed by atoms with E-state index in [-0.39, 0.29) is 18.5 Å². The summed E-state index contributed by atoms with van der Waals surface area (Å²) in [6.07, 6.45) is 0. The summed E-state index contributed by atoms with van der Waals surface area (Å²) in [7, 11) is 0. The number of carbonyl (C=O) groups is 2. The molecule has 0 bridgehead atoms. The maximum absolute atomic E-state index is 13.1. The van der Waals surface area contributed by atoms with Crippen molar-refractivity contribution >= 4 is 23.5 Å². The van der Waals surface area contributed by atoms with Crippen LogP contribution in [0, 0.1) is 5.82 Å². The number of urea groups is 1. The van der Waals surface area contributed by atoms with Crippen LogP contribution in [0.5, 0.6) is 0 Å². The van der Waals surface area contributed by atoms with E-state index in [1.54, 1.807) is 11.0 Å². The van der Waals surface area contributed by atoms with Gasteiger partial charge in [-0.3, -0.25) is 9.69 Å². The van der Waals surface area contributed by atoms with Gasteiger partial charge in [0, 0.05) is 50.8 Å². The van der Waals surface area contributed by atoms with Gasteiger partial charge >= 0.3 is 6.03 Å². The molecule has 148 valence electrons. The van der Waals surface area contributed by atoms with Crippen molar-refractivity contribution in [3.05, 3.63) is 34.6 Å². The fourth-order valence-corrected chi connectivity index (χ4v) is 3.42. The molecule has 2 saturated heterocycles. The Hall–Kier alpha value is -1.90. The zero-order valence-corrected chi connectivity index (χ0v) is 15.9. The van der Waals surface area contributed by atoms with Crippen LogP contribution in [0.4, 0.5) is 9.18 Å². The molecule has 1 N–H and O–H groups in total. The number of rotatable bonds is 7. The molecule has 0 spiro atoms. The van der Waals surface area contributed by atoms with Gasteiger partial charge in [0.2, 0.25) is 5.91 Å². The third-order valence-electron chi connectivity index (χ3n) is 4.75. The van der Waals surface area contributed by atoms with E-state index in [0.29, 0.717) is 36.8 Å². The second kappa shape index (κ2) is 9.34. The molecule has 2 aliphatic heterocycles. The van der Waals surface area contributed by atoms with Gasteiger partial charge in [-0.05, 0) is 17.7 Å². The molecule has 0 unspecified atom stereocenters. The maximum atomic E-state index is 13.1. The van der Waals surface area contributed by atoms with E-state index in [0.717, 1.165) is 32.8 Å². The van der Waals surface area contributed by atoms with Crippen LogP contribution in [-0.2, 0) is 16.1 Å². The Morgan fingerprint density at radius 1 is 1.19 bits per heavy atom. The third-order valence-corrected chi connectivity index (χ3v) is 5.10. The van der Waals surface area contributed by atoms with Gasteiger partial charge in [0.05, 0.1) is 13.2 Å². The molecule has 7 nitrogen and oxygen atoms in total. The van der Waals surface area contributed by atoms with Crippen LogP contribution in [0.3, 0.4) is 0 Å². The molecule has 2 aliphatic rings. The number of hydrogen-bond donors (Lipinski definition) is 1. The summed E-state index contributed by atoms with van der Waals surface area (Å²) in [6.45, 7) is 5.86. The number of carbonyl (C=O) groups excluding carboxylic acids is 2.